The Bertz CT molecular complexity index is 601. The van der Waals surface area contributed by atoms with Crippen LogP contribution in [0.25, 0.3) is 18.2 Å². The van der Waals surface area contributed by atoms with Gasteiger partial charge in [0.15, 0.2) is 0 Å². The molecule has 0 fully saturated rings. The number of nitrogens with zero attached hydrogens (tertiary/aromatic N) is 2. The van der Waals surface area contributed by atoms with Crippen LogP contribution in [0, 0.1) is 0 Å². The van der Waals surface area contributed by atoms with Crippen molar-refractivity contribution in [3.63, 3.8) is 0 Å². The van der Waals surface area contributed by atoms with Crippen molar-refractivity contribution in [3.05, 3.63) is 116 Å². The van der Waals surface area contributed by atoms with Crippen molar-refractivity contribution >= 4 is 18.2 Å². The molecule has 0 atom stereocenters. The molecule has 0 radical (unpaired) electrons. The molecule has 2 heteroatoms. The Labute approximate surface area is 144 Å². The zero-order chi connectivity index (χ0) is 17.5. The van der Waals surface area contributed by atoms with Gasteiger partial charge in [-0.2, -0.15) is 0 Å². The maximum atomic E-state index is 3.85. The lowest BCUT2D eigenvalue weighted by Crippen LogP contribution is -1.69. The summed E-state index contributed by atoms with van der Waals surface area (Å²) in [7, 11) is 0. The lowest BCUT2D eigenvalue weighted by Gasteiger charge is -1.85. The zero-order valence-corrected chi connectivity index (χ0v) is 13.8. The highest BCUT2D eigenvalue weighted by molar-refractivity contribution is 5.46. The number of benzene rings is 1. The van der Waals surface area contributed by atoms with E-state index in [1.54, 1.807) is 36.9 Å². The van der Waals surface area contributed by atoms with Crippen LogP contribution in [-0.2, 0) is 0 Å². The van der Waals surface area contributed by atoms with Crippen LogP contribution >= 0.6 is 0 Å². The highest BCUT2D eigenvalue weighted by Gasteiger charge is 1.77. The first kappa shape index (κ1) is 18.8. The average molecular weight is 314 g/mol. The molecule has 0 saturated heterocycles. The van der Waals surface area contributed by atoms with Crippen LogP contribution in [0.15, 0.2) is 99.1 Å². The fourth-order valence-corrected chi connectivity index (χ4v) is 1.59. The standard InChI is InChI=1S/C8H8.2C7H7N/c1-2-8-6-4-3-5-7-8;2*1-2-7-3-5-8-6-4-7/h2-7H,1H2;2*2-6H,1H2. The Morgan fingerprint density at radius 2 is 0.833 bits per heavy atom. The van der Waals surface area contributed by atoms with Crippen molar-refractivity contribution in [2.24, 2.45) is 0 Å². The molecule has 0 saturated carbocycles. The molecule has 0 N–H and O–H groups in total. The summed E-state index contributed by atoms with van der Waals surface area (Å²) in [6.07, 6.45) is 12.4. The Morgan fingerprint density at radius 1 is 0.500 bits per heavy atom. The lowest BCUT2D eigenvalue weighted by atomic mass is 10.2. The third-order valence-electron chi connectivity index (χ3n) is 2.92. The Kier molecular flexibility index (Phi) is 9.63. The SMILES string of the molecule is C=Cc1ccccc1.C=Cc1ccncc1.C=Cc1ccncc1. The molecule has 0 aliphatic carbocycles. The number of rotatable bonds is 3. The minimum Gasteiger partial charge on any atom is -0.265 e. The molecule has 120 valence electrons. The third-order valence-corrected chi connectivity index (χ3v) is 2.92. The van der Waals surface area contributed by atoms with E-state index in [4.69, 9.17) is 0 Å². The van der Waals surface area contributed by atoms with Crippen LogP contribution in [0.5, 0.6) is 0 Å². The fraction of sp³-hybridized carbons (Fsp3) is 0. The summed E-state index contributed by atoms with van der Waals surface area (Å²) in [6, 6.07) is 17.7. The molecule has 3 aromatic rings. The molecule has 2 nitrogen and oxygen atoms in total. The van der Waals surface area contributed by atoms with E-state index in [1.807, 2.05) is 60.7 Å². The molecular weight excluding hydrogens is 292 g/mol. The van der Waals surface area contributed by atoms with Gasteiger partial charge in [0.25, 0.3) is 0 Å². The molecule has 0 bridgehead atoms. The maximum absolute atomic E-state index is 3.85. The van der Waals surface area contributed by atoms with Crippen molar-refractivity contribution in [2.75, 3.05) is 0 Å². The summed E-state index contributed by atoms with van der Waals surface area (Å²) in [5, 5.41) is 0. The van der Waals surface area contributed by atoms with Gasteiger partial charge in [0.2, 0.25) is 0 Å². The summed E-state index contributed by atoms with van der Waals surface area (Å²) in [4.78, 5) is 7.69. The second-order valence-electron chi connectivity index (χ2n) is 4.58. The molecular formula is C22H22N2. The van der Waals surface area contributed by atoms with Crippen LogP contribution in [0.2, 0.25) is 0 Å². The van der Waals surface area contributed by atoms with E-state index < -0.39 is 0 Å². The number of hydrogen-bond donors (Lipinski definition) is 0. The van der Waals surface area contributed by atoms with Crippen LogP contribution in [0.1, 0.15) is 16.7 Å². The molecule has 0 spiro atoms. The van der Waals surface area contributed by atoms with E-state index in [9.17, 15) is 0 Å². The predicted molar refractivity (Wildman–Crippen MR) is 105 cm³/mol. The fourth-order valence-electron chi connectivity index (χ4n) is 1.59. The summed E-state index contributed by atoms with van der Waals surface area (Å²) in [5.41, 5.74) is 3.40. The number of hydrogen-bond acceptors (Lipinski definition) is 2. The van der Waals surface area contributed by atoms with E-state index in [2.05, 4.69) is 29.7 Å². The zero-order valence-electron chi connectivity index (χ0n) is 13.8. The maximum Gasteiger partial charge on any atom is 0.0273 e. The molecule has 3 rings (SSSR count). The summed E-state index contributed by atoms with van der Waals surface area (Å²) >= 11 is 0. The molecule has 1 aromatic carbocycles. The van der Waals surface area contributed by atoms with Gasteiger partial charge in [-0.15, -0.1) is 0 Å². The quantitative estimate of drug-likeness (QED) is 0.612. The first-order chi connectivity index (χ1) is 11.8. The molecule has 0 unspecified atom stereocenters. The van der Waals surface area contributed by atoms with E-state index in [0.717, 1.165) is 11.1 Å². The van der Waals surface area contributed by atoms with Crippen LogP contribution in [0.4, 0.5) is 0 Å². The van der Waals surface area contributed by atoms with Gasteiger partial charge in [0.05, 0.1) is 0 Å². The molecule has 24 heavy (non-hydrogen) atoms. The Balaban J connectivity index is 0.000000180. The van der Waals surface area contributed by atoms with Gasteiger partial charge in [0.1, 0.15) is 0 Å². The first-order valence-electron chi connectivity index (χ1n) is 7.52. The smallest absolute Gasteiger partial charge is 0.0273 e. The minimum atomic E-state index is 1.11. The van der Waals surface area contributed by atoms with Gasteiger partial charge in [-0.05, 0) is 41.0 Å². The van der Waals surface area contributed by atoms with Crippen molar-refractivity contribution in [1.82, 2.24) is 9.97 Å². The second-order valence-corrected chi connectivity index (χ2v) is 4.58. The number of pyridine rings is 2. The summed E-state index contributed by atoms with van der Waals surface area (Å²) in [5.74, 6) is 0. The molecule has 2 aromatic heterocycles. The van der Waals surface area contributed by atoms with E-state index in [-0.39, 0.29) is 0 Å². The van der Waals surface area contributed by atoms with Gasteiger partial charge in [-0.25, -0.2) is 0 Å². The van der Waals surface area contributed by atoms with Gasteiger partial charge in [-0.1, -0.05) is 68.3 Å². The van der Waals surface area contributed by atoms with Crippen LogP contribution in [0.3, 0.4) is 0 Å². The average Bonchev–Trinajstić information content (AvgIpc) is 2.71. The van der Waals surface area contributed by atoms with Gasteiger partial charge in [-0.3, -0.25) is 9.97 Å². The van der Waals surface area contributed by atoms with Gasteiger partial charge in [0, 0.05) is 24.8 Å². The van der Waals surface area contributed by atoms with E-state index >= 15 is 0 Å². The van der Waals surface area contributed by atoms with E-state index in [0.29, 0.717) is 0 Å². The summed E-state index contributed by atoms with van der Waals surface area (Å²) < 4.78 is 0. The topological polar surface area (TPSA) is 25.8 Å². The normalized spacial score (nSPS) is 8.50. The van der Waals surface area contributed by atoms with Crippen LogP contribution in [-0.4, -0.2) is 9.97 Å². The largest absolute Gasteiger partial charge is 0.265 e. The third kappa shape index (κ3) is 8.25. The van der Waals surface area contributed by atoms with Gasteiger partial charge >= 0.3 is 0 Å². The first-order valence-corrected chi connectivity index (χ1v) is 7.52. The lowest BCUT2D eigenvalue weighted by molar-refractivity contribution is 1.32. The molecule has 2 heterocycles. The van der Waals surface area contributed by atoms with Crippen molar-refractivity contribution in [1.29, 1.82) is 0 Å². The monoisotopic (exact) mass is 314 g/mol. The predicted octanol–water partition coefficient (Wildman–Crippen LogP) is 5.78. The van der Waals surface area contributed by atoms with E-state index in [1.165, 1.54) is 5.56 Å². The van der Waals surface area contributed by atoms with Gasteiger partial charge < -0.3 is 0 Å². The molecule has 0 aliphatic rings. The Hall–Kier alpha value is -3.26. The van der Waals surface area contributed by atoms with Crippen molar-refractivity contribution < 1.29 is 0 Å². The molecule has 0 amide bonds. The minimum absolute atomic E-state index is 1.11. The van der Waals surface area contributed by atoms with Crippen LogP contribution < -0.4 is 0 Å². The highest BCUT2D eigenvalue weighted by atomic mass is 14.6. The Morgan fingerprint density at radius 3 is 1.08 bits per heavy atom. The van der Waals surface area contributed by atoms with Crippen molar-refractivity contribution in [2.45, 2.75) is 0 Å². The summed E-state index contributed by atoms with van der Waals surface area (Å²) in [6.45, 7) is 10.8. The van der Waals surface area contributed by atoms with Crippen molar-refractivity contribution in [3.8, 4) is 0 Å². The molecule has 0 aliphatic heterocycles. The second kappa shape index (κ2) is 12.3. The number of aromatic nitrogens is 2. The highest BCUT2D eigenvalue weighted by Crippen LogP contribution is 1.97.